The molecule has 5 heterocycles. The van der Waals surface area contributed by atoms with Crippen LogP contribution < -0.4 is 15.4 Å². The molecule has 8 nitrogen and oxygen atoms in total. The minimum Gasteiger partial charge on any atom is -0.611 e. The number of allylic oxidation sites excluding steroid dienone is 1. The maximum atomic E-state index is 12.6. The highest BCUT2D eigenvalue weighted by Gasteiger charge is 2.40. The Kier molecular flexibility index (Phi) is 6.12. The molecule has 5 rings (SSSR count). The molecule has 0 bridgehead atoms. The van der Waals surface area contributed by atoms with E-state index >= 15 is 0 Å². The molecule has 0 aromatic carbocycles. The number of pyridine rings is 1. The summed E-state index contributed by atoms with van der Waals surface area (Å²) in [6.45, 7) is 3.33. The smallest absolute Gasteiger partial charge is 0.213 e. The number of nitrogens with zero attached hydrogens (tertiary/aromatic N) is 3. The maximum absolute atomic E-state index is 12.6. The molecule has 1 unspecified atom stereocenters. The highest BCUT2D eigenvalue weighted by Crippen LogP contribution is 2.30. The molecule has 4 aliphatic heterocycles. The number of rotatable bonds is 4. The van der Waals surface area contributed by atoms with Gasteiger partial charge in [-0.25, -0.2) is 9.98 Å². The first-order valence-corrected chi connectivity index (χ1v) is 12.2. The molecule has 162 valence electrons. The lowest BCUT2D eigenvalue weighted by Gasteiger charge is -2.38. The molecule has 2 atom stereocenters. The van der Waals surface area contributed by atoms with Crippen LogP contribution >= 0.6 is 0 Å². The maximum Gasteiger partial charge on any atom is 0.213 e. The second kappa shape index (κ2) is 9.13. The predicted molar refractivity (Wildman–Crippen MR) is 115 cm³/mol. The van der Waals surface area contributed by atoms with E-state index in [2.05, 4.69) is 20.5 Å². The number of nitrogens with one attached hydrogen (secondary N) is 2. The quantitative estimate of drug-likeness (QED) is 0.695. The van der Waals surface area contributed by atoms with E-state index in [1.54, 1.807) is 6.20 Å². The lowest BCUT2D eigenvalue weighted by molar-refractivity contribution is 0.0667. The van der Waals surface area contributed by atoms with Gasteiger partial charge in [-0.3, -0.25) is 4.90 Å². The molecule has 0 aliphatic carbocycles. The molecular formula is C21H29N5O3S. The largest absolute Gasteiger partial charge is 0.611 e. The van der Waals surface area contributed by atoms with Crippen molar-refractivity contribution in [3.63, 3.8) is 0 Å². The van der Waals surface area contributed by atoms with Crippen LogP contribution in [0.4, 0.5) is 0 Å². The lowest BCUT2D eigenvalue weighted by atomic mass is 10.1. The molecule has 30 heavy (non-hydrogen) atoms. The van der Waals surface area contributed by atoms with Gasteiger partial charge in [0.1, 0.15) is 11.9 Å². The van der Waals surface area contributed by atoms with Crippen molar-refractivity contribution in [2.24, 2.45) is 4.99 Å². The third-order valence-electron chi connectivity index (χ3n) is 6.12. The molecule has 0 amide bonds. The average Bonchev–Trinajstić information content (AvgIpc) is 3.17. The number of likely N-dealkylation sites (tertiary alicyclic amines) is 1. The monoisotopic (exact) mass is 431 g/mol. The Balaban J connectivity index is 1.24. The van der Waals surface area contributed by atoms with Crippen LogP contribution in [0.15, 0.2) is 40.0 Å². The number of piperidine rings is 1. The fourth-order valence-electron chi connectivity index (χ4n) is 4.44. The summed E-state index contributed by atoms with van der Waals surface area (Å²) in [5, 5.41) is 7.14. The van der Waals surface area contributed by atoms with Crippen LogP contribution in [-0.4, -0.2) is 70.8 Å². The Morgan fingerprint density at radius 2 is 2.03 bits per heavy atom. The molecule has 9 heteroatoms. The average molecular weight is 432 g/mol. The van der Waals surface area contributed by atoms with E-state index < -0.39 is 11.2 Å². The van der Waals surface area contributed by atoms with Crippen LogP contribution in [0.25, 0.3) is 0 Å². The molecule has 0 saturated carbocycles. The van der Waals surface area contributed by atoms with Crippen LogP contribution in [0, 0.1) is 0 Å². The minimum absolute atomic E-state index is 0.114. The molecule has 2 N–H and O–H groups in total. The van der Waals surface area contributed by atoms with E-state index in [1.165, 1.54) is 0 Å². The Morgan fingerprint density at radius 1 is 1.20 bits per heavy atom. The lowest BCUT2D eigenvalue weighted by Crippen LogP contribution is -2.53. The number of aromatic nitrogens is 1. The van der Waals surface area contributed by atoms with Gasteiger partial charge in [0.2, 0.25) is 10.8 Å². The standard InChI is InChI=1S/C21H29N5O3S/c27-30-14-8-17-19(30)20(23-15-6-12-28-13-7-15)25-21(24-17)26-10-4-16(5-11-26)29-18-3-1-2-9-22-18/h1-3,9,15-16,21,24H,4-8,10-14H2,(H,23,25)/t21-,30?/m1/s1. The normalized spacial score (nSPS) is 28.6. The van der Waals surface area contributed by atoms with Gasteiger partial charge in [0.15, 0.2) is 12.1 Å². The van der Waals surface area contributed by atoms with Gasteiger partial charge in [-0.2, -0.15) is 0 Å². The van der Waals surface area contributed by atoms with Crippen molar-refractivity contribution >= 4 is 17.0 Å². The zero-order valence-corrected chi connectivity index (χ0v) is 17.9. The third-order valence-corrected chi connectivity index (χ3v) is 7.59. The Labute approximate surface area is 180 Å². The summed E-state index contributed by atoms with van der Waals surface area (Å²) in [5.41, 5.74) is 1.09. The Bertz CT molecular complexity index is 791. The summed E-state index contributed by atoms with van der Waals surface area (Å²) in [7, 11) is 0. The van der Waals surface area contributed by atoms with E-state index in [9.17, 15) is 4.55 Å². The van der Waals surface area contributed by atoms with Crippen molar-refractivity contribution in [1.29, 1.82) is 0 Å². The first kappa shape index (κ1) is 20.1. The first-order chi connectivity index (χ1) is 14.8. The summed E-state index contributed by atoms with van der Waals surface area (Å²) in [6, 6.07) is 6.08. The number of hydrogen-bond donors (Lipinski definition) is 2. The van der Waals surface area contributed by atoms with Crippen molar-refractivity contribution in [3.05, 3.63) is 35.0 Å². The fraction of sp³-hybridized carbons (Fsp3) is 0.619. The predicted octanol–water partition coefficient (Wildman–Crippen LogP) is 1.34. The summed E-state index contributed by atoms with van der Waals surface area (Å²) in [6.07, 6.45) is 6.44. The van der Waals surface area contributed by atoms with Crippen LogP contribution in [-0.2, 0) is 15.9 Å². The second-order valence-electron chi connectivity index (χ2n) is 8.16. The van der Waals surface area contributed by atoms with Crippen LogP contribution in [0.2, 0.25) is 0 Å². The van der Waals surface area contributed by atoms with E-state index in [-0.39, 0.29) is 12.4 Å². The van der Waals surface area contributed by atoms with Gasteiger partial charge >= 0.3 is 0 Å². The van der Waals surface area contributed by atoms with Gasteiger partial charge in [0, 0.05) is 51.0 Å². The summed E-state index contributed by atoms with van der Waals surface area (Å²) in [5.74, 6) is 2.19. The minimum atomic E-state index is -0.975. The Morgan fingerprint density at radius 3 is 2.80 bits per heavy atom. The summed E-state index contributed by atoms with van der Waals surface area (Å²) < 4.78 is 24.1. The topological polar surface area (TPSA) is 94.1 Å². The van der Waals surface area contributed by atoms with Crippen LogP contribution in [0.5, 0.6) is 5.88 Å². The number of ether oxygens (including phenoxy) is 2. The molecule has 2 fully saturated rings. The van der Waals surface area contributed by atoms with Gasteiger partial charge in [0.25, 0.3) is 0 Å². The van der Waals surface area contributed by atoms with Crippen molar-refractivity contribution in [2.45, 2.75) is 50.5 Å². The van der Waals surface area contributed by atoms with Gasteiger partial charge in [-0.15, -0.1) is 0 Å². The molecule has 1 aromatic heterocycles. The van der Waals surface area contributed by atoms with Crippen molar-refractivity contribution in [3.8, 4) is 5.88 Å². The second-order valence-corrected chi connectivity index (χ2v) is 9.66. The number of hydrogen-bond acceptors (Lipinski definition) is 8. The highest BCUT2D eigenvalue weighted by atomic mass is 32.2. The molecule has 1 aromatic rings. The summed E-state index contributed by atoms with van der Waals surface area (Å²) >= 11 is -0.975. The zero-order chi connectivity index (χ0) is 20.3. The van der Waals surface area contributed by atoms with Crippen LogP contribution in [0.3, 0.4) is 0 Å². The Hall–Kier alpha value is -1.81. The zero-order valence-electron chi connectivity index (χ0n) is 17.1. The summed E-state index contributed by atoms with van der Waals surface area (Å²) in [4.78, 5) is 12.5. The van der Waals surface area contributed by atoms with Gasteiger partial charge < -0.3 is 24.7 Å². The van der Waals surface area contributed by atoms with E-state index in [0.717, 1.165) is 74.8 Å². The van der Waals surface area contributed by atoms with Crippen molar-refractivity contribution in [2.75, 3.05) is 32.1 Å². The molecule has 4 aliphatic rings. The van der Waals surface area contributed by atoms with Crippen LogP contribution in [0.1, 0.15) is 32.1 Å². The van der Waals surface area contributed by atoms with Gasteiger partial charge in [-0.05, 0) is 42.9 Å². The van der Waals surface area contributed by atoms with E-state index in [4.69, 9.17) is 14.5 Å². The SMILES string of the molecule is [O-][S+]1CCC2=C1C(NC1CCOCC1)=N[C@H](N1CCC(Oc3ccccn3)CC1)N2. The van der Waals surface area contributed by atoms with Gasteiger partial charge in [-0.1, -0.05) is 6.07 Å². The molecule has 0 radical (unpaired) electrons. The van der Waals surface area contributed by atoms with Crippen molar-refractivity contribution in [1.82, 2.24) is 20.5 Å². The molecular weight excluding hydrogens is 402 g/mol. The molecule has 2 saturated heterocycles. The van der Waals surface area contributed by atoms with Crippen molar-refractivity contribution < 1.29 is 14.0 Å². The fourth-order valence-corrected chi connectivity index (χ4v) is 5.80. The van der Waals surface area contributed by atoms with E-state index in [0.29, 0.717) is 17.7 Å². The molecule has 0 spiro atoms. The number of aliphatic imine (C=N–C) groups is 1. The number of amidine groups is 1. The highest BCUT2D eigenvalue weighted by molar-refractivity contribution is 7.96. The van der Waals surface area contributed by atoms with E-state index in [1.807, 2.05) is 18.2 Å². The van der Waals surface area contributed by atoms with Gasteiger partial charge in [0.05, 0.1) is 5.70 Å². The first-order valence-electron chi connectivity index (χ1n) is 10.9. The third kappa shape index (κ3) is 4.44.